The van der Waals surface area contributed by atoms with Crippen LogP contribution in [0.15, 0.2) is 29.6 Å². The molecule has 0 aromatic carbocycles. The van der Waals surface area contributed by atoms with E-state index < -0.39 is 0 Å². The second-order valence-corrected chi connectivity index (χ2v) is 7.20. The standard InChI is InChI=1S/C16H18ClNO2S/c1-16(2,3)13-9-11(10-14(17)18-13)15(19)20-7-6-12-5-4-8-21-12/h4-5,8-10H,6-7H2,1-3H3. The van der Waals surface area contributed by atoms with Crippen molar-refractivity contribution in [3.05, 3.63) is 50.9 Å². The molecule has 3 nitrogen and oxygen atoms in total. The summed E-state index contributed by atoms with van der Waals surface area (Å²) in [6.07, 6.45) is 0.731. The predicted octanol–water partition coefficient (Wildman–Crippen LogP) is 4.49. The average Bonchev–Trinajstić information content (AvgIpc) is 2.90. The van der Waals surface area contributed by atoms with E-state index in [0.717, 1.165) is 12.1 Å². The fraction of sp³-hybridized carbons (Fsp3) is 0.375. The minimum absolute atomic E-state index is 0.170. The Morgan fingerprint density at radius 2 is 2.14 bits per heavy atom. The number of esters is 1. The molecule has 0 saturated heterocycles. The van der Waals surface area contributed by atoms with Gasteiger partial charge in [0.1, 0.15) is 5.15 Å². The Bertz CT molecular complexity index is 618. The third kappa shape index (κ3) is 4.55. The minimum Gasteiger partial charge on any atom is -0.462 e. The van der Waals surface area contributed by atoms with Crippen molar-refractivity contribution in [2.24, 2.45) is 0 Å². The van der Waals surface area contributed by atoms with Crippen molar-refractivity contribution in [2.45, 2.75) is 32.6 Å². The zero-order valence-corrected chi connectivity index (χ0v) is 13.9. The van der Waals surface area contributed by atoms with Crippen LogP contribution < -0.4 is 0 Å². The maximum atomic E-state index is 12.1. The van der Waals surface area contributed by atoms with E-state index in [1.807, 2.05) is 38.3 Å². The SMILES string of the molecule is CC(C)(C)c1cc(C(=O)OCCc2cccs2)cc(Cl)n1. The second-order valence-electron chi connectivity index (χ2n) is 5.78. The molecule has 0 aliphatic rings. The van der Waals surface area contributed by atoms with Crippen LogP contribution in [0.5, 0.6) is 0 Å². The number of nitrogens with zero attached hydrogens (tertiary/aromatic N) is 1. The van der Waals surface area contributed by atoms with Gasteiger partial charge in [0, 0.05) is 22.4 Å². The smallest absolute Gasteiger partial charge is 0.338 e. The van der Waals surface area contributed by atoms with Gasteiger partial charge in [0.15, 0.2) is 0 Å². The van der Waals surface area contributed by atoms with E-state index in [1.54, 1.807) is 23.5 Å². The van der Waals surface area contributed by atoms with Crippen molar-refractivity contribution in [1.82, 2.24) is 4.98 Å². The van der Waals surface area contributed by atoms with E-state index in [1.165, 1.54) is 4.88 Å². The van der Waals surface area contributed by atoms with Gasteiger partial charge in [-0.1, -0.05) is 38.4 Å². The molecule has 5 heteroatoms. The summed E-state index contributed by atoms with van der Waals surface area (Å²) in [4.78, 5) is 17.6. The topological polar surface area (TPSA) is 39.2 Å². The number of ether oxygens (including phenoxy) is 1. The molecule has 0 atom stereocenters. The van der Waals surface area contributed by atoms with Gasteiger partial charge in [0.05, 0.1) is 12.2 Å². The zero-order chi connectivity index (χ0) is 15.5. The van der Waals surface area contributed by atoms with Crippen LogP contribution in [0.3, 0.4) is 0 Å². The summed E-state index contributed by atoms with van der Waals surface area (Å²) in [5.41, 5.74) is 1.06. The van der Waals surface area contributed by atoms with Crippen molar-refractivity contribution in [3.8, 4) is 0 Å². The van der Waals surface area contributed by atoms with Gasteiger partial charge in [-0.25, -0.2) is 9.78 Å². The molecule has 0 N–H and O–H groups in total. The molecule has 0 fully saturated rings. The highest BCUT2D eigenvalue weighted by Crippen LogP contribution is 2.23. The Kier molecular flexibility index (Phi) is 5.01. The molecule has 0 saturated carbocycles. The first-order chi connectivity index (χ1) is 9.86. The largest absolute Gasteiger partial charge is 0.462 e. The molecule has 0 radical (unpaired) electrons. The molecule has 21 heavy (non-hydrogen) atoms. The Morgan fingerprint density at radius 1 is 1.38 bits per heavy atom. The molecule has 0 unspecified atom stereocenters. The highest BCUT2D eigenvalue weighted by molar-refractivity contribution is 7.09. The third-order valence-corrected chi connectivity index (χ3v) is 4.09. The van der Waals surface area contributed by atoms with Crippen molar-refractivity contribution in [1.29, 1.82) is 0 Å². The van der Waals surface area contributed by atoms with Crippen molar-refractivity contribution in [3.63, 3.8) is 0 Å². The van der Waals surface area contributed by atoms with Crippen LogP contribution in [0.1, 0.15) is 41.7 Å². The van der Waals surface area contributed by atoms with Gasteiger partial charge in [-0.15, -0.1) is 11.3 Å². The molecule has 0 bridgehead atoms. The van der Waals surface area contributed by atoms with Crippen LogP contribution in [0.4, 0.5) is 0 Å². The molecule has 0 amide bonds. The number of pyridine rings is 1. The van der Waals surface area contributed by atoms with Gasteiger partial charge < -0.3 is 4.74 Å². The first-order valence-electron chi connectivity index (χ1n) is 6.74. The van der Waals surface area contributed by atoms with Crippen LogP contribution in [0, 0.1) is 0 Å². The van der Waals surface area contributed by atoms with Crippen molar-refractivity contribution < 1.29 is 9.53 Å². The zero-order valence-electron chi connectivity index (χ0n) is 12.4. The maximum Gasteiger partial charge on any atom is 0.338 e. The minimum atomic E-state index is -0.360. The number of hydrogen-bond acceptors (Lipinski definition) is 4. The first kappa shape index (κ1) is 16.0. The van der Waals surface area contributed by atoms with Gasteiger partial charge in [-0.05, 0) is 23.6 Å². The third-order valence-electron chi connectivity index (χ3n) is 2.96. The summed E-state index contributed by atoms with van der Waals surface area (Å²) in [6.45, 7) is 6.44. The molecule has 0 spiro atoms. The summed E-state index contributed by atoms with van der Waals surface area (Å²) < 4.78 is 5.31. The van der Waals surface area contributed by atoms with E-state index in [9.17, 15) is 4.79 Å². The number of halogens is 1. The molecule has 2 aromatic rings. The summed E-state index contributed by atoms with van der Waals surface area (Å²) in [6, 6.07) is 7.31. The number of carbonyl (C=O) groups is 1. The van der Waals surface area contributed by atoms with Crippen molar-refractivity contribution in [2.75, 3.05) is 6.61 Å². The van der Waals surface area contributed by atoms with Gasteiger partial charge in [-0.3, -0.25) is 0 Å². The van der Waals surface area contributed by atoms with E-state index in [-0.39, 0.29) is 11.4 Å². The van der Waals surface area contributed by atoms with Crippen LogP contribution in [0.25, 0.3) is 0 Å². The van der Waals surface area contributed by atoms with E-state index in [4.69, 9.17) is 16.3 Å². The van der Waals surface area contributed by atoms with E-state index in [0.29, 0.717) is 17.3 Å². The number of thiophene rings is 1. The lowest BCUT2D eigenvalue weighted by Gasteiger charge is -2.18. The van der Waals surface area contributed by atoms with Crippen LogP contribution >= 0.6 is 22.9 Å². The van der Waals surface area contributed by atoms with Crippen LogP contribution in [0.2, 0.25) is 5.15 Å². The molecule has 0 aliphatic heterocycles. The lowest BCUT2D eigenvalue weighted by Crippen LogP contribution is -2.16. The van der Waals surface area contributed by atoms with Crippen LogP contribution in [-0.4, -0.2) is 17.6 Å². The molecular formula is C16H18ClNO2S. The Balaban J connectivity index is 2.03. The summed E-state index contributed by atoms with van der Waals surface area (Å²) in [5, 5.41) is 2.32. The Morgan fingerprint density at radius 3 is 2.76 bits per heavy atom. The second kappa shape index (κ2) is 6.58. The normalized spacial score (nSPS) is 11.4. The maximum absolute atomic E-state index is 12.1. The van der Waals surface area contributed by atoms with Crippen LogP contribution in [-0.2, 0) is 16.6 Å². The highest BCUT2D eigenvalue weighted by atomic mass is 35.5. The van der Waals surface area contributed by atoms with Crippen molar-refractivity contribution >= 4 is 28.9 Å². The number of hydrogen-bond donors (Lipinski definition) is 0. The fourth-order valence-electron chi connectivity index (χ4n) is 1.78. The molecular weight excluding hydrogens is 306 g/mol. The fourth-order valence-corrected chi connectivity index (χ4v) is 2.68. The average molecular weight is 324 g/mol. The van der Waals surface area contributed by atoms with Gasteiger partial charge in [0.2, 0.25) is 0 Å². The number of aromatic nitrogens is 1. The lowest BCUT2D eigenvalue weighted by molar-refractivity contribution is 0.0509. The molecule has 2 heterocycles. The van der Waals surface area contributed by atoms with E-state index in [2.05, 4.69) is 4.98 Å². The summed E-state index contributed by atoms with van der Waals surface area (Å²) >= 11 is 7.65. The first-order valence-corrected chi connectivity index (χ1v) is 7.99. The quantitative estimate of drug-likeness (QED) is 0.614. The van der Waals surface area contributed by atoms with Gasteiger partial charge in [-0.2, -0.15) is 0 Å². The number of rotatable bonds is 4. The summed E-state index contributed by atoms with van der Waals surface area (Å²) in [7, 11) is 0. The Labute approximate surface area is 133 Å². The van der Waals surface area contributed by atoms with Gasteiger partial charge >= 0.3 is 5.97 Å². The molecule has 0 aliphatic carbocycles. The molecule has 112 valence electrons. The molecule has 2 aromatic heterocycles. The van der Waals surface area contributed by atoms with E-state index >= 15 is 0 Å². The van der Waals surface area contributed by atoms with Gasteiger partial charge in [0.25, 0.3) is 0 Å². The molecule has 2 rings (SSSR count). The predicted molar refractivity (Wildman–Crippen MR) is 86.3 cm³/mol. The lowest BCUT2D eigenvalue weighted by atomic mass is 9.91. The highest BCUT2D eigenvalue weighted by Gasteiger charge is 2.19. The number of carbonyl (C=O) groups excluding carboxylic acids is 1. The summed E-state index contributed by atoms with van der Waals surface area (Å²) in [5.74, 6) is -0.360. The Hall–Kier alpha value is -1.39. The monoisotopic (exact) mass is 323 g/mol.